The molecule has 2 amide bonds. The first-order chi connectivity index (χ1) is 12.5. The van der Waals surface area contributed by atoms with E-state index in [1.165, 1.54) is 18.4 Å². The predicted octanol–water partition coefficient (Wildman–Crippen LogP) is 1.73. The van der Waals surface area contributed by atoms with Gasteiger partial charge in [0.15, 0.2) is 0 Å². The molecule has 1 aromatic carbocycles. The number of nitrogens with one attached hydrogen (secondary N) is 2. The van der Waals surface area contributed by atoms with Gasteiger partial charge in [0.2, 0.25) is 12.0 Å². The second-order valence-corrected chi connectivity index (χ2v) is 5.87. The second kappa shape index (κ2) is 7.81. The van der Waals surface area contributed by atoms with Crippen molar-refractivity contribution in [3.8, 4) is 0 Å². The lowest BCUT2D eigenvalue weighted by Gasteiger charge is -2.15. The van der Waals surface area contributed by atoms with Crippen LogP contribution in [-0.4, -0.2) is 29.7 Å². The normalized spacial score (nSPS) is 17.2. The number of carbonyl (C=O) groups is 2. The average molecular weight is 359 g/mol. The number of carbonyl (C=O) groups excluding carboxylic acids is 2. The molecule has 0 saturated carbocycles. The van der Waals surface area contributed by atoms with Gasteiger partial charge in [-0.15, -0.1) is 0 Å². The molecule has 0 saturated heterocycles. The topological polar surface area (TPSA) is 92.9 Å². The Morgan fingerprint density at radius 3 is 2.77 bits per heavy atom. The number of rotatable bonds is 6. The quantitative estimate of drug-likeness (QED) is 0.822. The van der Waals surface area contributed by atoms with E-state index >= 15 is 0 Å². The molecule has 0 spiro atoms. The predicted molar refractivity (Wildman–Crippen MR) is 90.6 cm³/mol. The maximum atomic E-state index is 13.0. The number of amides is 2. The van der Waals surface area contributed by atoms with Crippen LogP contribution >= 0.6 is 0 Å². The van der Waals surface area contributed by atoms with Gasteiger partial charge >= 0.3 is 0 Å². The molecular weight excluding hydrogens is 341 g/mol. The van der Waals surface area contributed by atoms with Crippen LogP contribution in [0.1, 0.15) is 24.7 Å². The van der Waals surface area contributed by atoms with Crippen LogP contribution in [0.3, 0.4) is 0 Å². The van der Waals surface area contributed by atoms with Crippen LogP contribution in [0, 0.1) is 5.82 Å². The minimum atomic E-state index is -0.824. The summed E-state index contributed by atoms with van der Waals surface area (Å²) < 4.78 is 18.1. The summed E-state index contributed by atoms with van der Waals surface area (Å²) in [7, 11) is 0. The van der Waals surface area contributed by atoms with Crippen molar-refractivity contribution in [3.05, 3.63) is 59.8 Å². The van der Waals surface area contributed by atoms with Crippen molar-refractivity contribution < 1.29 is 23.2 Å². The molecule has 1 aliphatic rings. The van der Waals surface area contributed by atoms with Crippen LogP contribution in [-0.2, 0) is 21.0 Å². The van der Waals surface area contributed by atoms with Gasteiger partial charge in [-0.2, -0.15) is 0 Å². The zero-order valence-corrected chi connectivity index (χ0v) is 14.1. The smallest absolute Gasteiger partial charge is 0.264 e. The van der Waals surface area contributed by atoms with Crippen LogP contribution in [0.2, 0.25) is 0 Å². The van der Waals surface area contributed by atoms with E-state index in [1.807, 2.05) is 0 Å². The molecule has 7 nitrogen and oxygen atoms in total. The van der Waals surface area contributed by atoms with E-state index < -0.39 is 18.1 Å². The van der Waals surface area contributed by atoms with Crippen molar-refractivity contribution in [1.82, 2.24) is 10.6 Å². The summed E-state index contributed by atoms with van der Waals surface area (Å²) in [5.74, 6) is -0.510. The van der Waals surface area contributed by atoms with Crippen LogP contribution < -0.4 is 10.6 Å². The third kappa shape index (κ3) is 4.27. The van der Waals surface area contributed by atoms with Gasteiger partial charge in [-0.3, -0.25) is 9.59 Å². The van der Waals surface area contributed by atoms with E-state index in [2.05, 4.69) is 15.8 Å². The Bertz CT molecular complexity index is 802. The van der Waals surface area contributed by atoms with Crippen molar-refractivity contribution >= 4 is 17.5 Å². The number of oxime groups is 1. The molecule has 26 heavy (non-hydrogen) atoms. The molecule has 2 N–H and O–H groups in total. The van der Waals surface area contributed by atoms with Gasteiger partial charge in [0, 0.05) is 6.42 Å². The highest BCUT2D eigenvalue weighted by Crippen LogP contribution is 2.17. The average Bonchev–Trinajstić information content (AvgIpc) is 3.32. The van der Waals surface area contributed by atoms with E-state index in [9.17, 15) is 14.0 Å². The summed E-state index contributed by atoms with van der Waals surface area (Å²) in [4.78, 5) is 29.4. The van der Waals surface area contributed by atoms with Gasteiger partial charge in [0.25, 0.3) is 5.91 Å². The Labute approximate surface area is 149 Å². The lowest BCUT2D eigenvalue weighted by Crippen LogP contribution is -2.47. The van der Waals surface area contributed by atoms with Gasteiger partial charge in [0.1, 0.15) is 17.6 Å². The zero-order valence-electron chi connectivity index (χ0n) is 14.1. The maximum absolute atomic E-state index is 13.0. The SMILES string of the molecule is C[C@H](NC(=O)[C@H]1CC(c2ccc(F)cc2)=NO1)C(=O)NCc1ccco1. The Morgan fingerprint density at radius 2 is 2.08 bits per heavy atom. The highest BCUT2D eigenvalue weighted by atomic mass is 19.1. The minimum Gasteiger partial charge on any atom is -0.467 e. The molecule has 2 aromatic rings. The molecule has 0 radical (unpaired) electrons. The lowest BCUT2D eigenvalue weighted by molar-refractivity contribution is -0.135. The summed E-state index contributed by atoms with van der Waals surface area (Å²) in [5.41, 5.74) is 1.24. The fourth-order valence-electron chi connectivity index (χ4n) is 2.44. The first kappa shape index (κ1) is 17.7. The summed E-state index contributed by atoms with van der Waals surface area (Å²) in [6, 6.07) is 8.50. The van der Waals surface area contributed by atoms with Gasteiger partial charge in [-0.05, 0) is 36.8 Å². The number of furan rings is 1. The van der Waals surface area contributed by atoms with Crippen LogP contribution in [0.25, 0.3) is 0 Å². The third-order valence-corrected chi connectivity index (χ3v) is 3.91. The standard InChI is InChI=1S/C18H18FN3O4/c1-11(17(23)20-10-14-3-2-8-25-14)21-18(24)16-9-15(22-26-16)12-4-6-13(19)7-5-12/h2-8,11,16H,9-10H2,1H3,(H,20,23)(H,21,24)/t11-,16+/m0/s1. The molecule has 136 valence electrons. The summed E-state index contributed by atoms with van der Waals surface area (Å²) in [6.45, 7) is 1.82. The van der Waals surface area contributed by atoms with Crippen LogP contribution in [0.15, 0.2) is 52.2 Å². The number of hydrogen-bond acceptors (Lipinski definition) is 5. The maximum Gasteiger partial charge on any atom is 0.264 e. The highest BCUT2D eigenvalue weighted by molar-refractivity contribution is 6.04. The fourth-order valence-corrected chi connectivity index (χ4v) is 2.44. The first-order valence-electron chi connectivity index (χ1n) is 8.12. The summed E-state index contributed by atoms with van der Waals surface area (Å²) in [5, 5.41) is 9.14. The van der Waals surface area contributed by atoms with E-state index in [0.717, 1.165) is 0 Å². The number of hydrogen-bond donors (Lipinski definition) is 2. The molecule has 3 rings (SSSR count). The van der Waals surface area contributed by atoms with Crippen molar-refractivity contribution in [2.24, 2.45) is 5.16 Å². The summed E-state index contributed by atoms with van der Waals surface area (Å²) in [6.07, 6.45) is 0.941. The van der Waals surface area contributed by atoms with E-state index in [4.69, 9.17) is 9.25 Å². The third-order valence-electron chi connectivity index (χ3n) is 3.91. The number of nitrogens with zero attached hydrogens (tertiary/aromatic N) is 1. The van der Waals surface area contributed by atoms with Crippen molar-refractivity contribution in [2.75, 3.05) is 0 Å². The first-order valence-corrected chi connectivity index (χ1v) is 8.12. The molecule has 2 atom stereocenters. The molecular formula is C18H18FN3O4. The van der Waals surface area contributed by atoms with Gasteiger partial charge < -0.3 is 19.9 Å². The summed E-state index contributed by atoms with van der Waals surface area (Å²) >= 11 is 0. The fraction of sp³-hybridized carbons (Fsp3) is 0.278. The van der Waals surface area contributed by atoms with E-state index in [1.54, 1.807) is 31.2 Å². The molecule has 1 aromatic heterocycles. The lowest BCUT2D eigenvalue weighted by atomic mass is 10.0. The van der Waals surface area contributed by atoms with Crippen molar-refractivity contribution in [1.29, 1.82) is 0 Å². The zero-order chi connectivity index (χ0) is 18.5. The van der Waals surface area contributed by atoms with E-state index in [0.29, 0.717) is 17.0 Å². The van der Waals surface area contributed by atoms with Gasteiger partial charge in [-0.25, -0.2) is 4.39 Å². The molecule has 0 fully saturated rings. The largest absolute Gasteiger partial charge is 0.467 e. The number of benzene rings is 1. The Hall–Kier alpha value is -3.16. The molecule has 0 bridgehead atoms. The van der Waals surface area contributed by atoms with Crippen LogP contribution in [0.4, 0.5) is 4.39 Å². The molecule has 0 aliphatic carbocycles. The van der Waals surface area contributed by atoms with Gasteiger partial charge in [-0.1, -0.05) is 17.3 Å². The minimum absolute atomic E-state index is 0.240. The molecule has 2 heterocycles. The Morgan fingerprint density at radius 1 is 1.31 bits per heavy atom. The van der Waals surface area contributed by atoms with E-state index in [-0.39, 0.29) is 24.7 Å². The molecule has 8 heteroatoms. The molecule has 0 unspecified atom stereocenters. The number of halogens is 1. The molecule has 1 aliphatic heterocycles. The highest BCUT2D eigenvalue weighted by Gasteiger charge is 2.30. The van der Waals surface area contributed by atoms with Crippen molar-refractivity contribution in [3.63, 3.8) is 0 Å². The Balaban J connectivity index is 1.47. The monoisotopic (exact) mass is 359 g/mol. The van der Waals surface area contributed by atoms with Crippen LogP contribution in [0.5, 0.6) is 0 Å². The second-order valence-electron chi connectivity index (χ2n) is 5.87. The van der Waals surface area contributed by atoms with Gasteiger partial charge in [0.05, 0.1) is 18.5 Å². The Kier molecular flexibility index (Phi) is 5.31. The van der Waals surface area contributed by atoms with Crippen molar-refractivity contribution in [2.45, 2.75) is 32.0 Å².